The third-order valence-corrected chi connectivity index (χ3v) is 3.15. The topological polar surface area (TPSA) is 53.6 Å². The number of fused-ring (bicyclic) bond motifs is 1. The summed E-state index contributed by atoms with van der Waals surface area (Å²) in [6.07, 6.45) is 0.607. The van der Waals surface area contributed by atoms with E-state index in [0.717, 1.165) is 16.5 Å². The average molecular weight is 270 g/mol. The van der Waals surface area contributed by atoms with E-state index in [9.17, 15) is 4.39 Å². The van der Waals surface area contributed by atoms with Crippen molar-refractivity contribution in [3.05, 3.63) is 65.5 Å². The standard InChI is InChI=1S/C15H12BFO3/c17-13-3-1-2-10(8-13)6-11-4-5-14-12(7-11)9-15(20-14)16(18)19/h1-5,7-9,18-19H,6H2. The van der Waals surface area contributed by atoms with Crippen molar-refractivity contribution in [1.82, 2.24) is 0 Å². The molecule has 3 nitrogen and oxygen atoms in total. The smallest absolute Gasteiger partial charge is 0.465 e. The van der Waals surface area contributed by atoms with Crippen molar-refractivity contribution in [3.63, 3.8) is 0 Å². The van der Waals surface area contributed by atoms with E-state index in [4.69, 9.17) is 14.5 Å². The number of hydrogen-bond acceptors (Lipinski definition) is 3. The minimum atomic E-state index is -1.62. The van der Waals surface area contributed by atoms with Gasteiger partial charge in [-0.15, -0.1) is 0 Å². The molecule has 0 saturated carbocycles. The molecule has 2 N–H and O–H groups in total. The molecule has 0 saturated heterocycles. The van der Waals surface area contributed by atoms with Crippen molar-refractivity contribution in [2.24, 2.45) is 0 Å². The summed E-state index contributed by atoms with van der Waals surface area (Å²) in [7, 11) is -1.62. The van der Waals surface area contributed by atoms with Gasteiger partial charge in [-0.2, -0.15) is 0 Å². The van der Waals surface area contributed by atoms with Crippen molar-refractivity contribution >= 4 is 23.7 Å². The van der Waals surface area contributed by atoms with Gasteiger partial charge in [0.15, 0.2) is 0 Å². The Balaban J connectivity index is 1.92. The van der Waals surface area contributed by atoms with Crippen LogP contribution in [0, 0.1) is 5.82 Å². The summed E-state index contributed by atoms with van der Waals surface area (Å²) in [6.45, 7) is 0. The third-order valence-electron chi connectivity index (χ3n) is 3.15. The highest BCUT2D eigenvalue weighted by atomic mass is 19.1. The molecule has 0 aliphatic carbocycles. The molecular formula is C15H12BFO3. The van der Waals surface area contributed by atoms with Gasteiger partial charge in [-0.1, -0.05) is 18.2 Å². The zero-order valence-corrected chi connectivity index (χ0v) is 10.6. The fraction of sp³-hybridized carbons (Fsp3) is 0.0667. The quantitative estimate of drug-likeness (QED) is 0.714. The Morgan fingerprint density at radius 3 is 2.55 bits per heavy atom. The predicted octanol–water partition coefficient (Wildman–Crippen LogP) is 1.84. The van der Waals surface area contributed by atoms with Gasteiger partial charge in [-0.3, -0.25) is 0 Å². The fourth-order valence-electron chi connectivity index (χ4n) is 2.23. The van der Waals surface area contributed by atoms with Gasteiger partial charge in [0.1, 0.15) is 17.1 Å². The van der Waals surface area contributed by atoms with Crippen molar-refractivity contribution in [3.8, 4) is 0 Å². The average Bonchev–Trinajstić information content (AvgIpc) is 2.82. The van der Waals surface area contributed by atoms with Crippen LogP contribution in [0.5, 0.6) is 0 Å². The fourth-order valence-corrected chi connectivity index (χ4v) is 2.23. The van der Waals surface area contributed by atoms with E-state index in [1.807, 2.05) is 18.2 Å². The minimum absolute atomic E-state index is 0.114. The second-order valence-corrected chi connectivity index (χ2v) is 4.70. The maximum Gasteiger partial charge on any atom is 0.526 e. The lowest BCUT2D eigenvalue weighted by atomic mass is 9.88. The van der Waals surface area contributed by atoms with Crippen molar-refractivity contribution in [1.29, 1.82) is 0 Å². The lowest BCUT2D eigenvalue weighted by molar-refractivity contribution is 0.412. The molecule has 1 heterocycles. The molecule has 0 radical (unpaired) electrons. The Bertz CT molecular complexity index is 752. The molecule has 0 atom stereocenters. The van der Waals surface area contributed by atoms with Gasteiger partial charge < -0.3 is 14.5 Å². The third kappa shape index (κ3) is 2.59. The zero-order valence-electron chi connectivity index (χ0n) is 10.6. The summed E-state index contributed by atoms with van der Waals surface area (Å²) in [4.78, 5) is 0. The summed E-state index contributed by atoms with van der Waals surface area (Å²) in [5.74, 6) is -0.252. The van der Waals surface area contributed by atoms with E-state index < -0.39 is 7.12 Å². The number of halogens is 1. The van der Waals surface area contributed by atoms with Gasteiger partial charge in [-0.25, -0.2) is 4.39 Å². The molecule has 5 heteroatoms. The van der Waals surface area contributed by atoms with Crippen LogP contribution < -0.4 is 5.66 Å². The molecule has 0 fully saturated rings. The number of rotatable bonds is 3. The van der Waals surface area contributed by atoms with Crippen LogP contribution in [0.3, 0.4) is 0 Å². The first-order chi connectivity index (χ1) is 9.61. The van der Waals surface area contributed by atoms with Gasteiger partial charge >= 0.3 is 7.12 Å². The largest absolute Gasteiger partial charge is 0.526 e. The number of hydrogen-bond donors (Lipinski definition) is 2. The lowest BCUT2D eigenvalue weighted by Gasteiger charge is -2.02. The number of benzene rings is 2. The summed E-state index contributed by atoms with van der Waals surface area (Å²) < 4.78 is 18.4. The van der Waals surface area contributed by atoms with Crippen LogP contribution in [0.15, 0.2) is 52.9 Å². The molecule has 0 unspecified atom stereocenters. The van der Waals surface area contributed by atoms with Crippen LogP contribution in [0.1, 0.15) is 11.1 Å². The zero-order chi connectivity index (χ0) is 14.1. The lowest BCUT2D eigenvalue weighted by Crippen LogP contribution is -2.27. The first-order valence-corrected chi connectivity index (χ1v) is 6.25. The molecule has 0 aliphatic rings. The van der Waals surface area contributed by atoms with E-state index in [-0.39, 0.29) is 11.5 Å². The molecule has 3 rings (SSSR count). The molecule has 0 aliphatic heterocycles. The SMILES string of the molecule is OB(O)c1cc2cc(Cc3cccc(F)c3)ccc2o1. The number of furan rings is 1. The van der Waals surface area contributed by atoms with Crippen molar-refractivity contribution in [2.45, 2.75) is 6.42 Å². The highest BCUT2D eigenvalue weighted by Crippen LogP contribution is 2.19. The molecule has 0 spiro atoms. The maximum absolute atomic E-state index is 13.1. The van der Waals surface area contributed by atoms with Gasteiger partial charge in [0.05, 0.1) is 0 Å². The molecule has 3 aromatic rings. The van der Waals surface area contributed by atoms with Crippen LogP contribution in [-0.2, 0) is 6.42 Å². The van der Waals surface area contributed by atoms with Gasteiger partial charge in [0.25, 0.3) is 0 Å². The summed E-state index contributed by atoms with van der Waals surface area (Å²) in [5.41, 5.74) is 2.59. The van der Waals surface area contributed by atoms with Gasteiger partial charge in [0.2, 0.25) is 0 Å². The van der Waals surface area contributed by atoms with E-state index in [1.165, 1.54) is 12.1 Å². The Kier molecular flexibility index (Phi) is 3.30. The van der Waals surface area contributed by atoms with Gasteiger partial charge in [0, 0.05) is 5.39 Å². The molecule has 0 bridgehead atoms. The Labute approximate surface area is 115 Å². The normalized spacial score (nSPS) is 10.9. The monoisotopic (exact) mass is 270 g/mol. The minimum Gasteiger partial charge on any atom is -0.465 e. The summed E-state index contributed by atoms with van der Waals surface area (Å²) >= 11 is 0. The molecular weight excluding hydrogens is 258 g/mol. The molecule has 2 aromatic carbocycles. The highest BCUT2D eigenvalue weighted by Gasteiger charge is 2.16. The van der Waals surface area contributed by atoms with Crippen LogP contribution in [0.4, 0.5) is 4.39 Å². The van der Waals surface area contributed by atoms with Gasteiger partial charge in [-0.05, 0) is 47.9 Å². The van der Waals surface area contributed by atoms with Crippen LogP contribution in [0.25, 0.3) is 11.0 Å². The Morgan fingerprint density at radius 2 is 1.80 bits per heavy atom. The van der Waals surface area contributed by atoms with Crippen LogP contribution in [0.2, 0.25) is 0 Å². The summed E-state index contributed by atoms with van der Waals surface area (Å²) in [5, 5.41) is 19.0. The van der Waals surface area contributed by atoms with Crippen LogP contribution in [-0.4, -0.2) is 17.2 Å². The predicted molar refractivity (Wildman–Crippen MR) is 75.2 cm³/mol. The van der Waals surface area contributed by atoms with E-state index >= 15 is 0 Å². The van der Waals surface area contributed by atoms with Crippen molar-refractivity contribution in [2.75, 3.05) is 0 Å². The maximum atomic E-state index is 13.1. The second-order valence-electron chi connectivity index (χ2n) is 4.70. The Morgan fingerprint density at radius 1 is 1.00 bits per heavy atom. The molecule has 100 valence electrons. The summed E-state index contributed by atoms with van der Waals surface area (Å²) in [6, 6.07) is 13.6. The Hall–Kier alpha value is -2.11. The van der Waals surface area contributed by atoms with E-state index in [1.54, 1.807) is 18.2 Å². The van der Waals surface area contributed by atoms with E-state index in [2.05, 4.69) is 0 Å². The molecule has 20 heavy (non-hydrogen) atoms. The van der Waals surface area contributed by atoms with E-state index in [0.29, 0.717) is 12.0 Å². The van der Waals surface area contributed by atoms with Crippen molar-refractivity contribution < 1.29 is 18.9 Å². The first kappa shape index (κ1) is 12.9. The van der Waals surface area contributed by atoms with Crippen LogP contribution >= 0.6 is 0 Å². The molecule has 1 aromatic heterocycles. The first-order valence-electron chi connectivity index (χ1n) is 6.25. The highest BCUT2D eigenvalue weighted by molar-refractivity contribution is 6.57. The second kappa shape index (κ2) is 5.11. The molecule has 0 amide bonds.